The Bertz CT molecular complexity index is 305. The molecule has 82 valence electrons. The highest BCUT2D eigenvalue weighted by molar-refractivity contribution is 5.18. The van der Waals surface area contributed by atoms with Crippen LogP contribution in [-0.4, -0.2) is 11.7 Å². The molecule has 0 radical (unpaired) electrons. The van der Waals surface area contributed by atoms with Crippen LogP contribution >= 0.6 is 0 Å². The van der Waals surface area contributed by atoms with Crippen molar-refractivity contribution in [2.75, 3.05) is 0 Å². The molecule has 0 aromatic rings. The van der Waals surface area contributed by atoms with Gasteiger partial charge in [0, 0.05) is 5.41 Å². The molecule has 1 heterocycles. The van der Waals surface area contributed by atoms with E-state index in [1.807, 2.05) is 0 Å². The van der Waals surface area contributed by atoms with Crippen molar-refractivity contribution in [1.82, 2.24) is 0 Å². The SMILES string of the molecule is CC1(C)C=CC2(CCCCC2)OC1C#N. The summed E-state index contributed by atoms with van der Waals surface area (Å²) in [6.45, 7) is 4.13. The second-order valence-electron chi connectivity index (χ2n) is 5.41. The molecule has 0 aromatic carbocycles. The standard InChI is InChI=1S/C13H19NO/c1-12(2)8-9-13(15-11(12)10-14)6-4-3-5-7-13/h8-9,11H,3-7H2,1-2H3. The van der Waals surface area contributed by atoms with Crippen molar-refractivity contribution in [3.8, 4) is 6.07 Å². The van der Waals surface area contributed by atoms with E-state index >= 15 is 0 Å². The highest BCUT2D eigenvalue weighted by Crippen LogP contribution is 2.42. The number of rotatable bonds is 0. The van der Waals surface area contributed by atoms with Crippen LogP contribution in [0.2, 0.25) is 0 Å². The Labute approximate surface area is 91.9 Å². The van der Waals surface area contributed by atoms with Gasteiger partial charge in [0.25, 0.3) is 0 Å². The summed E-state index contributed by atoms with van der Waals surface area (Å²) < 4.78 is 6.03. The molecule has 0 bridgehead atoms. The fourth-order valence-corrected chi connectivity index (χ4v) is 2.51. The van der Waals surface area contributed by atoms with Crippen molar-refractivity contribution in [3.05, 3.63) is 12.2 Å². The molecule has 1 unspecified atom stereocenters. The zero-order valence-corrected chi connectivity index (χ0v) is 9.62. The van der Waals surface area contributed by atoms with E-state index < -0.39 is 0 Å². The summed E-state index contributed by atoms with van der Waals surface area (Å²) in [7, 11) is 0. The van der Waals surface area contributed by atoms with Gasteiger partial charge in [0.2, 0.25) is 0 Å². The van der Waals surface area contributed by atoms with E-state index in [1.54, 1.807) is 0 Å². The molecule has 2 heteroatoms. The molecule has 1 spiro atoms. The second-order valence-corrected chi connectivity index (χ2v) is 5.41. The van der Waals surface area contributed by atoms with Crippen LogP contribution in [0.1, 0.15) is 46.0 Å². The van der Waals surface area contributed by atoms with Crippen LogP contribution in [-0.2, 0) is 4.74 Å². The van der Waals surface area contributed by atoms with Crippen LogP contribution in [0.4, 0.5) is 0 Å². The lowest BCUT2D eigenvalue weighted by molar-refractivity contribution is -0.102. The van der Waals surface area contributed by atoms with Crippen LogP contribution in [0.3, 0.4) is 0 Å². The second kappa shape index (κ2) is 3.64. The lowest BCUT2D eigenvalue weighted by Crippen LogP contribution is -2.45. The zero-order valence-electron chi connectivity index (χ0n) is 9.62. The van der Waals surface area contributed by atoms with Gasteiger partial charge in [-0.15, -0.1) is 0 Å². The van der Waals surface area contributed by atoms with Gasteiger partial charge in [0.15, 0.2) is 6.10 Å². The molecular formula is C13H19NO. The molecule has 15 heavy (non-hydrogen) atoms. The molecule has 2 aliphatic rings. The zero-order chi connectivity index (χ0) is 10.9. The molecule has 0 N–H and O–H groups in total. The first-order chi connectivity index (χ1) is 7.08. The van der Waals surface area contributed by atoms with Crippen LogP contribution < -0.4 is 0 Å². The number of hydrogen-bond donors (Lipinski definition) is 0. The first-order valence-electron chi connectivity index (χ1n) is 5.86. The van der Waals surface area contributed by atoms with Crippen molar-refractivity contribution in [2.45, 2.75) is 57.7 Å². The van der Waals surface area contributed by atoms with Crippen LogP contribution in [0.15, 0.2) is 12.2 Å². The molecule has 2 nitrogen and oxygen atoms in total. The Morgan fingerprint density at radius 3 is 2.47 bits per heavy atom. The normalized spacial score (nSPS) is 32.5. The molecule has 2 rings (SSSR count). The van der Waals surface area contributed by atoms with Crippen molar-refractivity contribution in [3.63, 3.8) is 0 Å². The Morgan fingerprint density at radius 1 is 1.20 bits per heavy atom. The predicted molar refractivity (Wildman–Crippen MR) is 59.2 cm³/mol. The maximum atomic E-state index is 9.13. The highest BCUT2D eigenvalue weighted by atomic mass is 16.5. The third kappa shape index (κ3) is 1.94. The third-order valence-corrected chi connectivity index (χ3v) is 3.66. The van der Waals surface area contributed by atoms with Gasteiger partial charge in [0.05, 0.1) is 11.7 Å². The smallest absolute Gasteiger partial charge is 0.153 e. The number of hydrogen-bond acceptors (Lipinski definition) is 2. The average Bonchev–Trinajstić information content (AvgIpc) is 2.24. The number of nitriles is 1. The maximum Gasteiger partial charge on any atom is 0.153 e. The lowest BCUT2D eigenvalue weighted by atomic mass is 9.76. The fourth-order valence-electron chi connectivity index (χ4n) is 2.51. The van der Waals surface area contributed by atoms with E-state index in [0.29, 0.717) is 0 Å². The third-order valence-electron chi connectivity index (χ3n) is 3.66. The van der Waals surface area contributed by atoms with E-state index in [-0.39, 0.29) is 17.1 Å². The van der Waals surface area contributed by atoms with E-state index in [0.717, 1.165) is 12.8 Å². The quantitative estimate of drug-likeness (QED) is 0.569. The molecule has 0 saturated heterocycles. The molecule has 1 saturated carbocycles. The molecule has 0 aromatic heterocycles. The fraction of sp³-hybridized carbons (Fsp3) is 0.769. The van der Waals surface area contributed by atoms with Gasteiger partial charge in [-0.1, -0.05) is 45.3 Å². The van der Waals surface area contributed by atoms with Crippen LogP contribution in [0.25, 0.3) is 0 Å². The van der Waals surface area contributed by atoms with Crippen molar-refractivity contribution >= 4 is 0 Å². The first kappa shape index (κ1) is 10.7. The van der Waals surface area contributed by atoms with Gasteiger partial charge in [-0.3, -0.25) is 0 Å². The number of nitrogens with zero attached hydrogens (tertiary/aromatic N) is 1. The summed E-state index contributed by atoms with van der Waals surface area (Å²) >= 11 is 0. The molecular weight excluding hydrogens is 186 g/mol. The van der Waals surface area contributed by atoms with E-state index in [1.165, 1.54) is 19.3 Å². The van der Waals surface area contributed by atoms with E-state index in [2.05, 4.69) is 32.1 Å². The minimum absolute atomic E-state index is 0.117. The highest BCUT2D eigenvalue weighted by Gasteiger charge is 2.42. The van der Waals surface area contributed by atoms with Gasteiger partial charge < -0.3 is 4.74 Å². The summed E-state index contributed by atoms with van der Waals surface area (Å²) in [6.07, 6.45) is 10.0. The molecule has 1 aliphatic carbocycles. The maximum absolute atomic E-state index is 9.13. The number of ether oxygens (including phenoxy) is 1. The summed E-state index contributed by atoms with van der Waals surface area (Å²) in [5, 5.41) is 9.13. The topological polar surface area (TPSA) is 33.0 Å². The van der Waals surface area contributed by atoms with Crippen LogP contribution in [0, 0.1) is 16.7 Å². The summed E-state index contributed by atoms with van der Waals surface area (Å²) in [5.74, 6) is 0. The summed E-state index contributed by atoms with van der Waals surface area (Å²) in [5.41, 5.74) is -0.258. The molecule has 1 atom stereocenters. The van der Waals surface area contributed by atoms with Gasteiger partial charge in [0.1, 0.15) is 0 Å². The van der Waals surface area contributed by atoms with Gasteiger partial charge in [-0.25, -0.2) is 0 Å². The first-order valence-corrected chi connectivity index (χ1v) is 5.86. The molecule has 1 fully saturated rings. The predicted octanol–water partition coefficient (Wildman–Crippen LogP) is 3.19. The van der Waals surface area contributed by atoms with E-state index in [9.17, 15) is 0 Å². The molecule has 0 amide bonds. The minimum atomic E-state index is -0.291. The van der Waals surface area contributed by atoms with Gasteiger partial charge in [-0.2, -0.15) is 5.26 Å². The Kier molecular flexibility index (Phi) is 2.60. The van der Waals surface area contributed by atoms with E-state index in [4.69, 9.17) is 10.00 Å². The largest absolute Gasteiger partial charge is 0.352 e. The van der Waals surface area contributed by atoms with Crippen molar-refractivity contribution in [2.24, 2.45) is 5.41 Å². The Balaban J connectivity index is 2.22. The lowest BCUT2D eigenvalue weighted by Gasteiger charge is -2.43. The summed E-state index contributed by atoms with van der Waals surface area (Å²) in [4.78, 5) is 0. The minimum Gasteiger partial charge on any atom is -0.352 e. The average molecular weight is 205 g/mol. The molecule has 1 aliphatic heterocycles. The van der Waals surface area contributed by atoms with Crippen LogP contribution in [0.5, 0.6) is 0 Å². The Hall–Kier alpha value is -0.810. The van der Waals surface area contributed by atoms with Gasteiger partial charge in [-0.05, 0) is 12.8 Å². The van der Waals surface area contributed by atoms with Crippen molar-refractivity contribution < 1.29 is 4.74 Å². The monoisotopic (exact) mass is 205 g/mol. The van der Waals surface area contributed by atoms with Gasteiger partial charge >= 0.3 is 0 Å². The Morgan fingerprint density at radius 2 is 1.87 bits per heavy atom. The van der Waals surface area contributed by atoms with Crippen molar-refractivity contribution in [1.29, 1.82) is 5.26 Å². The summed E-state index contributed by atoms with van der Waals surface area (Å²) in [6, 6.07) is 2.29.